The summed E-state index contributed by atoms with van der Waals surface area (Å²) in [5.74, 6) is 0.590. The van der Waals surface area contributed by atoms with E-state index in [1.54, 1.807) is 24.3 Å². The molecule has 1 atom stereocenters. The first kappa shape index (κ1) is 21.6. The average molecular weight is 433 g/mol. The molecule has 166 valence electrons. The van der Waals surface area contributed by atoms with Crippen LogP contribution < -0.4 is 4.74 Å². The number of amides is 1. The fraction of sp³-hybridized carbons (Fsp3) is 0.478. The number of hydrogen-bond acceptors (Lipinski definition) is 4. The Morgan fingerprint density at radius 1 is 1.03 bits per heavy atom. The second kappa shape index (κ2) is 9.26. The lowest BCUT2D eigenvalue weighted by molar-refractivity contribution is -0.141. The van der Waals surface area contributed by atoms with E-state index in [-0.39, 0.29) is 18.6 Å². The molecule has 0 bridgehead atoms. The molecule has 0 spiro atoms. The highest BCUT2D eigenvalue weighted by Crippen LogP contribution is 2.27. The smallest absolute Gasteiger partial charge is 0.433 e. The molecule has 1 aromatic carbocycles. The monoisotopic (exact) mass is 433 g/mol. The van der Waals surface area contributed by atoms with Crippen LogP contribution in [-0.4, -0.2) is 52.9 Å². The van der Waals surface area contributed by atoms with Crippen LogP contribution in [0.4, 0.5) is 13.2 Å². The zero-order valence-corrected chi connectivity index (χ0v) is 17.3. The van der Waals surface area contributed by atoms with Crippen molar-refractivity contribution in [3.8, 4) is 5.75 Å². The Kier molecular flexibility index (Phi) is 6.46. The number of alkyl halides is 3. The summed E-state index contributed by atoms with van der Waals surface area (Å²) in [7, 11) is 0. The van der Waals surface area contributed by atoms with Crippen molar-refractivity contribution >= 4 is 5.91 Å². The summed E-state index contributed by atoms with van der Waals surface area (Å²) in [6.45, 7) is 4.09. The highest BCUT2D eigenvalue weighted by Gasteiger charge is 2.32. The van der Waals surface area contributed by atoms with E-state index in [0.717, 1.165) is 51.3 Å². The zero-order chi connectivity index (χ0) is 21.8. The summed E-state index contributed by atoms with van der Waals surface area (Å²) in [5, 5.41) is 0. The Morgan fingerprint density at radius 3 is 2.42 bits per heavy atom. The summed E-state index contributed by atoms with van der Waals surface area (Å²) in [6, 6.07) is 9.49. The molecular weight excluding hydrogens is 407 g/mol. The molecule has 2 aliphatic rings. The van der Waals surface area contributed by atoms with E-state index >= 15 is 0 Å². The average Bonchev–Trinajstić information content (AvgIpc) is 3.44. The Labute approximate surface area is 179 Å². The van der Waals surface area contributed by atoms with Crippen LogP contribution in [0.15, 0.2) is 42.6 Å². The molecule has 0 aliphatic carbocycles. The van der Waals surface area contributed by atoms with Gasteiger partial charge in [0.1, 0.15) is 18.1 Å². The van der Waals surface area contributed by atoms with Gasteiger partial charge in [-0.1, -0.05) is 6.07 Å². The molecule has 31 heavy (non-hydrogen) atoms. The van der Waals surface area contributed by atoms with Crippen LogP contribution in [0.5, 0.6) is 5.75 Å². The van der Waals surface area contributed by atoms with Gasteiger partial charge in [0.05, 0.1) is 0 Å². The van der Waals surface area contributed by atoms with Gasteiger partial charge >= 0.3 is 6.18 Å². The number of aromatic nitrogens is 1. The maximum absolute atomic E-state index is 13.0. The third-order valence-electron chi connectivity index (χ3n) is 5.93. The first-order chi connectivity index (χ1) is 14.9. The summed E-state index contributed by atoms with van der Waals surface area (Å²) in [4.78, 5) is 20.9. The number of carbonyl (C=O) groups excluding carboxylic acids is 1. The molecule has 1 aromatic heterocycles. The largest absolute Gasteiger partial charge is 0.489 e. The van der Waals surface area contributed by atoms with Crippen molar-refractivity contribution in [2.45, 2.75) is 44.5 Å². The van der Waals surface area contributed by atoms with Crippen LogP contribution in [0.2, 0.25) is 0 Å². The van der Waals surface area contributed by atoms with E-state index in [0.29, 0.717) is 16.9 Å². The minimum absolute atomic E-state index is 0.0418. The number of ether oxygens (including phenoxy) is 1. The number of rotatable bonds is 6. The molecule has 4 rings (SSSR count). The molecule has 0 radical (unpaired) electrons. The lowest BCUT2D eigenvalue weighted by Crippen LogP contribution is -2.42. The van der Waals surface area contributed by atoms with Gasteiger partial charge in [-0.3, -0.25) is 9.78 Å². The van der Waals surface area contributed by atoms with Gasteiger partial charge in [0.2, 0.25) is 0 Å². The second-order valence-electron chi connectivity index (χ2n) is 8.16. The van der Waals surface area contributed by atoms with Crippen molar-refractivity contribution in [1.29, 1.82) is 0 Å². The lowest BCUT2D eigenvalue weighted by atomic mass is 10.1. The van der Waals surface area contributed by atoms with Crippen LogP contribution in [0, 0.1) is 0 Å². The van der Waals surface area contributed by atoms with Crippen LogP contribution in [0.1, 0.15) is 47.3 Å². The Morgan fingerprint density at radius 2 is 1.77 bits per heavy atom. The van der Waals surface area contributed by atoms with Crippen LogP contribution >= 0.6 is 0 Å². The van der Waals surface area contributed by atoms with E-state index in [2.05, 4.69) is 9.88 Å². The molecule has 3 heterocycles. The first-order valence-electron chi connectivity index (χ1n) is 10.7. The van der Waals surface area contributed by atoms with E-state index < -0.39 is 11.9 Å². The molecule has 5 nitrogen and oxygen atoms in total. The maximum atomic E-state index is 13.0. The Bertz CT molecular complexity index is 878. The van der Waals surface area contributed by atoms with E-state index in [1.807, 2.05) is 4.90 Å². The minimum Gasteiger partial charge on any atom is -0.489 e. The van der Waals surface area contributed by atoms with Crippen molar-refractivity contribution in [2.24, 2.45) is 0 Å². The van der Waals surface area contributed by atoms with Crippen LogP contribution in [0.25, 0.3) is 0 Å². The van der Waals surface area contributed by atoms with Gasteiger partial charge in [0, 0.05) is 36.5 Å². The SMILES string of the molecule is O=C(c1ccc(OCc2ccc(C(F)(F)F)nc2)cc1)N1CCC[C@H]1CN1CCCC1. The highest BCUT2D eigenvalue weighted by molar-refractivity contribution is 5.94. The third-order valence-corrected chi connectivity index (χ3v) is 5.93. The number of hydrogen-bond donors (Lipinski definition) is 0. The quantitative estimate of drug-likeness (QED) is 0.678. The van der Waals surface area contributed by atoms with Crippen molar-refractivity contribution in [2.75, 3.05) is 26.2 Å². The molecular formula is C23H26F3N3O2. The van der Waals surface area contributed by atoms with Gasteiger partial charge in [-0.05, 0) is 69.1 Å². The summed E-state index contributed by atoms with van der Waals surface area (Å²) < 4.78 is 43.4. The van der Waals surface area contributed by atoms with Crippen LogP contribution in [0.3, 0.4) is 0 Å². The summed E-state index contributed by atoms with van der Waals surface area (Å²) >= 11 is 0. The summed E-state index contributed by atoms with van der Waals surface area (Å²) in [6.07, 6.45) is 1.27. The van der Waals surface area contributed by atoms with Crippen LogP contribution in [-0.2, 0) is 12.8 Å². The molecule has 2 fully saturated rings. The molecule has 2 aliphatic heterocycles. The van der Waals surface area contributed by atoms with Gasteiger partial charge in [-0.25, -0.2) is 0 Å². The van der Waals surface area contributed by atoms with Crippen molar-refractivity contribution in [3.63, 3.8) is 0 Å². The predicted molar refractivity (Wildman–Crippen MR) is 110 cm³/mol. The predicted octanol–water partition coefficient (Wildman–Crippen LogP) is 4.38. The molecule has 0 N–H and O–H groups in total. The third kappa shape index (κ3) is 5.36. The Hall–Kier alpha value is -2.61. The maximum Gasteiger partial charge on any atom is 0.433 e. The Balaban J connectivity index is 1.32. The van der Waals surface area contributed by atoms with Crippen molar-refractivity contribution < 1.29 is 22.7 Å². The standard InChI is InChI=1S/C23H26F3N3O2/c24-23(25,26)21-10-5-17(14-27-21)16-31-20-8-6-18(7-9-20)22(30)29-13-3-4-19(29)15-28-11-1-2-12-28/h5-10,14,19H,1-4,11-13,15-16H2/t19-/m0/s1. The fourth-order valence-electron chi connectivity index (χ4n) is 4.26. The molecule has 1 amide bonds. The van der Waals surface area contributed by atoms with Gasteiger partial charge in [0.25, 0.3) is 5.91 Å². The minimum atomic E-state index is -4.45. The first-order valence-corrected chi connectivity index (χ1v) is 10.7. The number of benzene rings is 1. The van der Waals surface area contributed by atoms with E-state index in [9.17, 15) is 18.0 Å². The topological polar surface area (TPSA) is 45.7 Å². The van der Waals surface area contributed by atoms with Gasteiger partial charge < -0.3 is 14.5 Å². The normalized spacial score (nSPS) is 19.7. The summed E-state index contributed by atoms with van der Waals surface area (Å²) in [5.41, 5.74) is 0.232. The number of pyridine rings is 1. The lowest BCUT2D eigenvalue weighted by Gasteiger charge is -2.28. The van der Waals surface area contributed by atoms with Crippen molar-refractivity contribution in [3.05, 3.63) is 59.4 Å². The van der Waals surface area contributed by atoms with Gasteiger partial charge in [-0.15, -0.1) is 0 Å². The van der Waals surface area contributed by atoms with Gasteiger partial charge in [-0.2, -0.15) is 13.2 Å². The molecule has 2 saturated heterocycles. The number of carbonyl (C=O) groups is 1. The highest BCUT2D eigenvalue weighted by atomic mass is 19.4. The molecule has 8 heteroatoms. The molecule has 2 aromatic rings. The zero-order valence-electron chi connectivity index (χ0n) is 17.3. The fourth-order valence-corrected chi connectivity index (χ4v) is 4.26. The number of likely N-dealkylation sites (tertiary alicyclic amines) is 2. The second-order valence-corrected chi connectivity index (χ2v) is 8.16. The molecule has 0 unspecified atom stereocenters. The van der Waals surface area contributed by atoms with E-state index in [4.69, 9.17) is 4.74 Å². The number of nitrogens with zero attached hydrogens (tertiary/aromatic N) is 3. The number of halogens is 3. The van der Waals surface area contributed by atoms with Crippen molar-refractivity contribution in [1.82, 2.24) is 14.8 Å². The molecule has 0 saturated carbocycles. The van der Waals surface area contributed by atoms with Gasteiger partial charge in [0.15, 0.2) is 0 Å². The van der Waals surface area contributed by atoms with E-state index in [1.165, 1.54) is 18.9 Å².